The second-order valence-corrected chi connectivity index (χ2v) is 6.50. The van der Waals surface area contributed by atoms with Crippen LogP contribution >= 0.6 is 0 Å². The predicted molar refractivity (Wildman–Crippen MR) is 73.6 cm³/mol. The van der Waals surface area contributed by atoms with Crippen LogP contribution in [0.15, 0.2) is 12.4 Å². The minimum Gasteiger partial charge on any atom is -0.396 e. The number of nitrogens with zero attached hydrogens (tertiary/aromatic N) is 3. The Morgan fingerprint density at radius 1 is 1.26 bits per heavy atom. The van der Waals surface area contributed by atoms with E-state index in [0.717, 1.165) is 25.7 Å². The molecular weight excluding hydrogens is 266 g/mol. The summed E-state index contributed by atoms with van der Waals surface area (Å²) in [7, 11) is -3.36. The molecular formula is C11H21N5O2S. The van der Waals surface area contributed by atoms with Crippen molar-refractivity contribution in [1.29, 1.82) is 0 Å². The molecule has 7 nitrogen and oxygen atoms in total. The van der Waals surface area contributed by atoms with Crippen LogP contribution in [0.3, 0.4) is 0 Å². The quantitative estimate of drug-likeness (QED) is 0.807. The first-order valence-electron chi connectivity index (χ1n) is 6.60. The van der Waals surface area contributed by atoms with Crippen molar-refractivity contribution < 1.29 is 8.42 Å². The molecule has 1 saturated heterocycles. The van der Waals surface area contributed by atoms with Crippen LogP contribution in [0.25, 0.3) is 0 Å². The van der Waals surface area contributed by atoms with E-state index in [1.54, 1.807) is 17.1 Å². The normalized spacial score (nSPS) is 18.3. The van der Waals surface area contributed by atoms with Gasteiger partial charge in [-0.1, -0.05) is 12.8 Å². The highest BCUT2D eigenvalue weighted by Crippen LogP contribution is 2.12. The summed E-state index contributed by atoms with van der Waals surface area (Å²) in [5.74, 6) is 0. The van der Waals surface area contributed by atoms with E-state index >= 15 is 0 Å². The van der Waals surface area contributed by atoms with Crippen molar-refractivity contribution in [2.45, 2.75) is 32.2 Å². The fourth-order valence-corrected chi connectivity index (χ4v) is 3.44. The Kier molecular flexibility index (Phi) is 4.78. The average Bonchev–Trinajstić information content (AvgIpc) is 2.64. The average molecular weight is 287 g/mol. The molecule has 1 aliphatic rings. The minimum atomic E-state index is -3.36. The van der Waals surface area contributed by atoms with E-state index in [1.165, 1.54) is 4.31 Å². The van der Waals surface area contributed by atoms with Gasteiger partial charge in [0.25, 0.3) is 10.2 Å². The molecule has 108 valence electrons. The van der Waals surface area contributed by atoms with Crippen molar-refractivity contribution >= 4 is 15.9 Å². The summed E-state index contributed by atoms with van der Waals surface area (Å²) in [6.07, 6.45) is 7.33. The molecule has 2 heterocycles. The summed E-state index contributed by atoms with van der Waals surface area (Å²) in [5.41, 5.74) is 6.12. The molecule has 1 aromatic rings. The van der Waals surface area contributed by atoms with Gasteiger partial charge in [-0.2, -0.15) is 17.8 Å². The van der Waals surface area contributed by atoms with Crippen LogP contribution in [0.5, 0.6) is 0 Å². The number of nitrogen functional groups attached to an aromatic ring is 1. The standard InChI is InChI=1S/C11H21N5O2S/c12-11-9-13-15(10-11)8-5-14-19(17,18)16-6-3-1-2-4-7-16/h9-10,14H,1-8,12H2. The SMILES string of the molecule is Nc1cnn(CCNS(=O)(=O)N2CCCCCC2)c1. The van der Waals surface area contributed by atoms with Crippen LogP contribution in [0.2, 0.25) is 0 Å². The van der Waals surface area contributed by atoms with Crippen LogP contribution < -0.4 is 10.5 Å². The van der Waals surface area contributed by atoms with Gasteiger partial charge in [0.2, 0.25) is 0 Å². The van der Waals surface area contributed by atoms with Crippen molar-refractivity contribution in [3.63, 3.8) is 0 Å². The zero-order chi connectivity index (χ0) is 13.7. The number of hydrogen-bond donors (Lipinski definition) is 2. The summed E-state index contributed by atoms with van der Waals surface area (Å²) in [5, 5.41) is 4.01. The van der Waals surface area contributed by atoms with Gasteiger partial charge in [0.15, 0.2) is 0 Å². The molecule has 0 atom stereocenters. The van der Waals surface area contributed by atoms with E-state index in [2.05, 4.69) is 9.82 Å². The Morgan fingerprint density at radius 3 is 2.53 bits per heavy atom. The van der Waals surface area contributed by atoms with Gasteiger partial charge < -0.3 is 5.73 Å². The summed E-state index contributed by atoms with van der Waals surface area (Å²) in [4.78, 5) is 0. The lowest BCUT2D eigenvalue weighted by atomic mass is 10.2. The van der Waals surface area contributed by atoms with Gasteiger partial charge in [0.1, 0.15) is 0 Å². The molecule has 19 heavy (non-hydrogen) atoms. The monoisotopic (exact) mass is 287 g/mol. The first-order chi connectivity index (χ1) is 9.08. The smallest absolute Gasteiger partial charge is 0.279 e. The van der Waals surface area contributed by atoms with Crippen molar-refractivity contribution in [2.75, 3.05) is 25.4 Å². The molecule has 1 aromatic heterocycles. The Bertz CT molecular complexity index is 491. The molecule has 2 rings (SSSR count). The zero-order valence-corrected chi connectivity index (χ0v) is 11.8. The second kappa shape index (κ2) is 6.36. The maximum Gasteiger partial charge on any atom is 0.279 e. The minimum absolute atomic E-state index is 0.319. The third kappa shape index (κ3) is 4.19. The third-order valence-corrected chi connectivity index (χ3v) is 4.80. The fourth-order valence-electron chi connectivity index (χ4n) is 2.16. The predicted octanol–water partition coefficient (Wildman–Crippen LogP) is 0.176. The van der Waals surface area contributed by atoms with Crippen molar-refractivity contribution in [3.8, 4) is 0 Å². The van der Waals surface area contributed by atoms with Gasteiger partial charge >= 0.3 is 0 Å². The maximum atomic E-state index is 12.1. The van der Waals surface area contributed by atoms with Crippen molar-refractivity contribution in [1.82, 2.24) is 18.8 Å². The Morgan fingerprint density at radius 2 is 1.95 bits per heavy atom. The summed E-state index contributed by atoms with van der Waals surface area (Å²) < 4.78 is 30.0. The van der Waals surface area contributed by atoms with Crippen LogP contribution in [-0.4, -0.2) is 42.1 Å². The lowest BCUT2D eigenvalue weighted by Crippen LogP contribution is -2.42. The number of aromatic nitrogens is 2. The van der Waals surface area contributed by atoms with E-state index in [9.17, 15) is 8.42 Å². The third-order valence-electron chi connectivity index (χ3n) is 3.18. The molecule has 0 unspecified atom stereocenters. The molecule has 0 amide bonds. The van der Waals surface area contributed by atoms with Gasteiger partial charge in [-0.3, -0.25) is 4.68 Å². The van der Waals surface area contributed by atoms with Gasteiger partial charge in [-0.15, -0.1) is 0 Å². The second-order valence-electron chi connectivity index (χ2n) is 4.75. The van der Waals surface area contributed by atoms with E-state index in [1.807, 2.05) is 0 Å². The molecule has 0 spiro atoms. The van der Waals surface area contributed by atoms with Crippen LogP contribution in [-0.2, 0) is 16.8 Å². The van der Waals surface area contributed by atoms with E-state index in [-0.39, 0.29) is 0 Å². The molecule has 0 radical (unpaired) electrons. The van der Waals surface area contributed by atoms with Crippen molar-refractivity contribution in [2.24, 2.45) is 0 Å². The maximum absolute atomic E-state index is 12.1. The largest absolute Gasteiger partial charge is 0.396 e. The highest BCUT2D eigenvalue weighted by atomic mass is 32.2. The van der Waals surface area contributed by atoms with E-state index < -0.39 is 10.2 Å². The molecule has 1 aliphatic heterocycles. The number of hydrogen-bond acceptors (Lipinski definition) is 4. The van der Waals surface area contributed by atoms with Crippen molar-refractivity contribution in [3.05, 3.63) is 12.4 Å². The molecule has 8 heteroatoms. The van der Waals surface area contributed by atoms with Gasteiger partial charge in [-0.25, -0.2) is 4.72 Å². The van der Waals surface area contributed by atoms with Gasteiger partial charge in [0.05, 0.1) is 18.4 Å². The summed E-state index contributed by atoms with van der Waals surface area (Å²) in [6.45, 7) is 2.03. The molecule has 0 aromatic carbocycles. The van der Waals surface area contributed by atoms with E-state index in [4.69, 9.17) is 5.73 Å². The molecule has 3 N–H and O–H groups in total. The van der Waals surface area contributed by atoms with Gasteiger partial charge in [0, 0.05) is 25.8 Å². The Balaban J connectivity index is 1.83. The van der Waals surface area contributed by atoms with Crippen LogP contribution in [0.4, 0.5) is 5.69 Å². The Hall–Kier alpha value is -1.12. The molecule has 0 saturated carbocycles. The summed E-state index contributed by atoms with van der Waals surface area (Å²) >= 11 is 0. The fraction of sp³-hybridized carbons (Fsp3) is 0.727. The topological polar surface area (TPSA) is 93.2 Å². The van der Waals surface area contributed by atoms with Crippen LogP contribution in [0.1, 0.15) is 25.7 Å². The lowest BCUT2D eigenvalue weighted by Gasteiger charge is -2.20. The number of nitrogens with two attached hydrogens (primary N) is 1. The number of rotatable bonds is 5. The Labute approximate surface area is 113 Å². The first-order valence-corrected chi connectivity index (χ1v) is 8.04. The molecule has 1 fully saturated rings. The lowest BCUT2D eigenvalue weighted by molar-refractivity contribution is 0.413. The molecule has 0 aliphatic carbocycles. The molecule has 0 bridgehead atoms. The zero-order valence-electron chi connectivity index (χ0n) is 11.0. The number of nitrogens with one attached hydrogen (secondary N) is 1. The first kappa shape index (κ1) is 14.3. The van der Waals surface area contributed by atoms with Gasteiger partial charge in [-0.05, 0) is 12.8 Å². The number of anilines is 1. The highest BCUT2D eigenvalue weighted by Gasteiger charge is 2.21. The van der Waals surface area contributed by atoms with E-state index in [0.29, 0.717) is 31.9 Å². The summed E-state index contributed by atoms with van der Waals surface area (Å²) in [6, 6.07) is 0. The highest BCUT2D eigenvalue weighted by molar-refractivity contribution is 7.87. The van der Waals surface area contributed by atoms with Crippen LogP contribution in [0, 0.1) is 0 Å².